The molecule has 0 bridgehead atoms. The van der Waals surface area contributed by atoms with Gasteiger partial charge in [-0.05, 0) is 24.5 Å². The molecule has 1 N–H and O–H groups in total. The molecule has 146 valence electrons. The summed E-state index contributed by atoms with van der Waals surface area (Å²) >= 11 is 0. The molecular weight excluding hydrogens is 332 g/mol. The molecule has 0 aliphatic carbocycles. The van der Waals surface area contributed by atoms with Crippen LogP contribution in [0.15, 0.2) is 16.7 Å². The summed E-state index contributed by atoms with van der Waals surface area (Å²) in [5, 5.41) is 4.13. The van der Waals surface area contributed by atoms with E-state index in [1.165, 1.54) is 0 Å². The number of hydrogen-bond acceptors (Lipinski definition) is 6. The van der Waals surface area contributed by atoms with Gasteiger partial charge in [-0.3, -0.25) is 4.84 Å². The molecule has 1 aromatic carbocycles. The van der Waals surface area contributed by atoms with Crippen LogP contribution in [-0.4, -0.2) is 25.9 Å². The molecule has 26 heavy (non-hydrogen) atoms. The van der Waals surface area contributed by atoms with E-state index >= 15 is 0 Å². The summed E-state index contributed by atoms with van der Waals surface area (Å²) in [6, 6.07) is 3.94. The van der Waals surface area contributed by atoms with Gasteiger partial charge in [0.1, 0.15) is 23.8 Å². The van der Waals surface area contributed by atoms with Crippen LogP contribution in [0.4, 0.5) is 0 Å². The van der Waals surface area contributed by atoms with Gasteiger partial charge in [0.05, 0.1) is 19.8 Å². The Morgan fingerprint density at radius 1 is 1.12 bits per heavy atom. The van der Waals surface area contributed by atoms with Crippen molar-refractivity contribution in [3.63, 3.8) is 0 Å². The van der Waals surface area contributed by atoms with Gasteiger partial charge in [0, 0.05) is 18.2 Å². The number of hydrogen-bond donors (Lipinski definition) is 1. The zero-order chi connectivity index (χ0) is 19.7. The van der Waals surface area contributed by atoms with Crippen LogP contribution in [0.25, 0.3) is 11.3 Å². The molecule has 0 saturated heterocycles. The zero-order valence-electron chi connectivity index (χ0n) is 17.2. The molecule has 0 spiro atoms. The summed E-state index contributed by atoms with van der Waals surface area (Å²) in [5.74, 6) is 2.49. The highest BCUT2D eigenvalue weighted by atomic mass is 16.6. The maximum absolute atomic E-state index is 5.58. The Balaban J connectivity index is 0.00000163. The van der Waals surface area contributed by atoms with E-state index in [4.69, 9.17) is 18.8 Å². The first kappa shape index (κ1) is 22.0. The molecule has 0 saturated carbocycles. The van der Waals surface area contributed by atoms with Crippen LogP contribution in [0, 0.1) is 6.92 Å². The molecule has 0 radical (unpaired) electrons. The molecule has 0 fully saturated rings. The van der Waals surface area contributed by atoms with E-state index in [1.54, 1.807) is 14.2 Å². The van der Waals surface area contributed by atoms with Gasteiger partial charge in [-0.2, -0.15) is 0 Å². The lowest BCUT2D eigenvalue weighted by molar-refractivity contribution is 0.0279. The third kappa shape index (κ3) is 4.99. The average molecular weight is 364 g/mol. The lowest BCUT2D eigenvalue weighted by Gasteiger charge is -2.16. The SMILES string of the molecule is CC.CCNOCc1noc(-c2cc(C(C)C)c(OC)cc2OC)c1C. The topological polar surface area (TPSA) is 65.8 Å². The average Bonchev–Trinajstić information content (AvgIpc) is 3.02. The van der Waals surface area contributed by atoms with E-state index < -0.39 is 0 Å². The van der Waals surface area contributed by atoms with Crippen LogP contribution >= 0.6 is 0 Å². The van der Waals surface area contributed by atoms with Gasteiger partial charge >= 0.3 is 0 Å². The lowest BCUT2D eigenvalue weighted by atomic mass is 9.96. The monoisotopic (exact) mass is 364 g/mol. The maximum atomic E-state index is 5.58. The predicted octanol–water partition coefficient (Wildman–Crippen LogP) is 4.86. The molecule has 2 rings (SSSR count). The summed E-state index contributed by atoms with van der Waals surface area (Å²) in [6.07, 6.45) is 0. The van der Waals surface area contributed by atoms with Gasteiger partial charge in [-0.15, -0.1) is 0 Å². The fourth-order valence-electron chi connectivity index (χ4n) is 2.53. The van der Waals surface area contributed by atoms with Crippen molar-refractivity contribution in [3.05, 3.63) is 29.0 Å². The molecule has 1 heterocycles. The minimum Gasteiger partial charge on any atom is -0.496 e. The van der Waals surface area contributed by atoms with E-state index in [1.807, 2.05) is 39.8 Å². The molecule has 0 amide bonds. The molecule has 0 aliphatic rings. The molecule has 0 atom stereocenters. The maximum Gasteiger partial charge on any atom is 0.173 e. The fraction of sp³-hybridized carbons (Fsp3) is 0.550. The van der Waals surface area contributed by atoms with Crippen LogP contribution in [0.2, 0.25) is 0 Å². The number of ether oxygens (including phenoxy) is 2. The van der Waals surface area contributed by atoms with Crippen molar-refractivity contribution in [3.8, 4) is 22.8 Å². The first-order chi connectivity index (χ1) is 12.5. The fourth-order valence-corrected chi connectivity index (χ4v) is 2.53. The second kappa shape index (κ2) is 10.8. The van der Waals surface area contributed by atoms with Gasteiger partial charge in [-0.1, -0.05) is 39.8 Å². The lowest BCUT2D eigenvalue weighted by Crippen LogP contribution is -2.13. The Kier molecular flexibility index (Phi) is 9.16. The number of aromatic nitrogens is 1. The minimum atomic E-state index is 0.310. The zero-order valence-corrected chi connectivity index (χ0v) is 17.2. The van der Waals surface area contributed by atoms with E-state index in [0.29, 0.717) is 24.0 Å². The highest BCUT2D eigenvalue weighted by Gasteiger charge is 2.21. The minimum absolute atomic E-state index is 0.310. The Bertz CT molecular complexity index is 681. The summed E-state index contributed by atoms with van der Waals surface area (Å²) in [4.78, 5) is 5.33. The predicted molar refractivity (Wildman–Crippen MR) is 104 cm³/mol. The van der Waals surface area contributed by atoms with Crippen molar-refractivity contribution >= 4 is 0 Å². The van der Waals surface area contributed by atoms with Crippen molar-refractivity contribution in [2.24, 2.45) is 0 Å². The van der Waals surface area contributed by atoms with Crippen LogP contribution in [-0.2, 0) is 11.4 Å². The molecule has 6 heteroatoms. The van der Waals surface area contributed by atoms with Gasteiger partial charge < -0.3 is 14.0 Å². The number of methoxy groups -OCH3 is 2. The van der Waals surface area contributed by atoms with Gasteiger partial charge in [0.25, 0.3) is 0 Å². The van der Waals surface area contributed by atoms with E-state index in [-0.39, 0.29) is 0 Å². The van der Waals surface area contributed by atoms with Crippen molar-refractivity contribution in [1.82, 2.24) is 10.6 Å². The van der Waals surface area contributed by atoms with Crippen molar-refractivity contribution < 1.29 is 18.8 Å². The second-order valence-electron chi connectivity index (χ2n) is 5.82. The normalized spacial score (nSPS) is 10.5. The second-order valence-corrected chi connectivity index (χ2v) is 5.82. The molecular formula is C20H32N2O4. The van der Waals surface area contributed by atoms with Crippen LogP contribution in [0.3, 0.4) is 0 Å². The van der Waals surface area contributed by atoms with Crippen molar-refractivity contribution in [2.75, 3.05) is 20.8 Å². The smallest absolute Gasteiger partial charge is 0.173 e. The third-order valence-electron chi connectivity index (χ3n) is 3.89. The van der Waals surface area contributed by atoms with Crippen molar-refractivity contribution in [1.29, 1.82) is 0 Å². The molecule has 0 aliphatic heterocycles. The van der Waals surface area contributed by atoms with Crippen LogP contribution in [0.5, 0.6) is 11.5 Å². The number of hydroxylamine groups is 1. The summed E-state index contributed by atoms with van der Waals surface area (Å²) in [5.41, 5.74) is 6.46. The molecule has 1 aromatic heterocycles. The summed E-state index contributed by atoms with van der Waals surface area (Å²) < 4.78 is 16.6. The highest BCUT2D eigenvalue weighted by molar-refractivity contribution is 5.72. The highest BCUT2D eigenvalue weighted by Crippen LogP contribution is 2.40. The first-order valence-electron chi connectivity index (χ1n) is 9.09. The Labute approximate surface area is 156 Å². The van der Waals surface area contributed by atoms with Crippen molar-refractivity contribution in [2.45, 2.75) is 54.1 Å². The standard InChI is InChI=1S/C18H26N2O4.C2H6/c1-7-19-23-10-15-12(4)18(24-20-15)14-8-13(11(2)3)16(21-5)9-17(14)22-6;1-2/h8-9,11,19H,7,10H2,1-6H3;1-2H3. The number of nitrogens with one attached hydrogen (secondary N) is 1. The first-order valence-corrected chi connectivity index (χ1v) is 9.09. The largest absolute Gasteiger partial charge is 0.496 e. The summed E-state index contributed by atoms with van der Waals surface area (Å²) in [7, 11) is 3.30. The Morgan fingerprint density at radius 3 is 2.31 bits per heavy atom. The van der Waals surface area contributed by atoms with E-state index in [9.17, 15) is 0 Å². The number of rotatable bonds is 8. The molecule has 0 unspecified atom stereocenters. The Hall–Kier alpha value is -2.05. The van der Waals surface area contributed by atoms with Gasteiger partial charge in [0.15, 0.2) is 5.76 Å². The Morgan fingerprint density at radius 2 is 1.77 bits per heavy atom. The quantitative estimate of drug-likeness (QED) is 0.533. The van der Waals surface area contributed by atoms with E-state index in [0.717, 1.165) is 34.7 Å². The van der Waals surface area contributed by atoms with Gasteiger partial charge in [0.2, 0.25) is 0 Å². The third-order valence-corrected chi connectivity index (χ3v) is 3.89. The molecule has 6 nitrogen and oxygen atoms in total. The summed E-state index contributed by atoms with van der Waals surface area (Å²) in [6.45, 7) is 13.3. The number of nitrogens with zero attached hydrogens (tertiary/aromatic N) is 1. The number of benzene rings is 1. The van der Waals surface area contributed by atoms with Gasteiger partial charge in [-0.25, -0.2) is 5.48 Å². The van der Waals surface area contributed by atoms with Crippen LogP contribution in [0.1, 0.15) is 57.4 Å². The molecule has 2 aromatic rings. The van der Waals surface area contributed by atoms with Crippen LogP contribution < -0.4 is 15.0 Å². The van der Waals surface area contributed by atoms with E-state index in [2.05, 4.69) is 24.5 Å².